The van der Waals surface area contributed by atoms with Crippen LogP contribution in [0.25, 0.3) is 0 Å². The van der Waals surface area contributed by atoms with Crippen molar-refractivity contribution in [3.05, 3.63) is 29.8 Å². The number of hydrogen-bond donors (Lipinski definition) is 1. The number of aryl methyl sites for hydroxylation is 1. The minimum Gasteiger partial charge on any atom is -0.508 e. The van der Waals surface area contributed by atoms with E-state index in [0.717, 1.165) is 38.0 Å². The highest BCUT2D eigenvalue weighted by Crippen LogP contribution is 2.30. The van der Waals surface area contributed by atoms with Crippen molar-refractivity contribution in [1.82, 2.24) is 9.80 Å². The van der Waals surface area contributed by atoms with Gasteiger partial charge in [0.15, 0.2) is 0 Å². The number of hydrogen-bond acceptors (Lipinski definition) is 4. The largest absolute Gasteiger partial charge is 0.508 e. The third-order valence-electron chi connectivity index (χ3n) is 5.04. The van der Waals surface area contributed by atoms with Crippen LogP contribution in [0.15, 0.2) is 24.3 Å². The number of aromatic hydroxyl groups is 1. The Balaban J connectivity index is 1.55. The van der Waals surface area contributed by atoms with Crippen molar-refractivity contribution in [2.75, 3.05) is 39.8 Å². The number of phenolic OH excluding ortho intramolecular Hbond substituents is 1. The van der Waals surface area contributed by atoms with E-state index < -0.39 is 0 Å². The third-order valence-corrected chi connectivity index (χ3v) is 5.04. The zero-order valence-electron chi connectivity index (χ0n) is 13.8. The molecule has 0 radical (unpaired) electrons. The van der Waals surface area contributed by atoms with Crippen LogP contribution in [0, 0.1) is 0 Å². The number of carbonyl (C=O) groups excluding carboxylic acids is 1. The van der Waals surface area contributed by atoms with E-state index in [2.05, 4.69) is 11.9 Å². The van der Waals surface area contributed by atoms with E-state index in [1.54, 1.807) is 12.1 Å². The van der Waals surface area contributed by atoms with E-state index in [1.165, 1.54) is 0 Å². The van der Waals surface area contributed by atoms with Crippen molar-refractivity contribution < 1.29 is 14.6 Å². The average molecular weight is 318 g/mol. The van der Waals surface area contributed by atoms with Gasteiger partial charge in [0.25, 0.3) is 0 Å². The SMILES string of the molecule is CN1CCC2(CC1)CN(C(=O)CCc1cccc(O)c1)CCO2. The maximum absolute atomic E-state index is 12.5. The molecule has 2 aliphatic rings. The van der Waals surface area contributed by atoms with Gasteiger partial charge < -0.3 is 19.6 Å². The van der Waals surface area contributed by atoms with Gasteiger partial charge in [-0.25, -0.2) is 0 Å². The molecule has 5 nitrogen and oxygen atoms in total. The number of amides is 1. The number of phenols is 1. The number of benzene rings is 1. The summed E-state index contributed by atoms with van der Waals surface area (Å²) in [4.78, 5) is 16.8. The molecule has 0 saturated carbocycles. The van der Waals surface area contributed by atoms with Crippen molar-refractivity contribution in [2.24, 2.45) is 0 Å². The van der Waals surface area contributed by atoms with Crippen molar-refractivity contribution >= 4 is 5.91 Å². The first kappa shape index (κ1) is 16.3. The molecule has 126 valence electrons. The molecule has 0 atom stereocenters. The Kier molecular flexibility index (Phi) is 4.87. The van der Waals surface area contributed by atoms with E-state index in [0.29, 0.717) is 26.0 Å². The first-order valence-electron chi connectivity index (χ1n) is 8.45. The summed E-state index contributed by atoms with van der Waals surface area (Å²) >= 11 is 0. The normalized spacial score (nSPS) is 21.5. The van der Waals surface area contributed by atoms with Crippen molar-refractivity contribution in [2.45, 2.75) is 31.3 Å². The van der Waals surface area contributed by atoms with Crippen LogP contribution in [-0.2, 0) is 16.0 Å². The summed E-state index contributed by atoms with van der Waals surface area (Å²) in [6.07, 6.45) is 3.15. The first-order valence-corrected chi connectivity index (χ1v) is 8.45. The summed E-state index contributed by atoms with van der Waals surface area (Å²) in [5.74, 6) is 0.446. The van der Waals surface area contributed by atoms with Crippen LogP contribution in [0.5, 0.6) is 5.75 Å². The van der Waals surface area contributed by atoms with Gasteiger partial charge in [0.2, 0.25) is 5.91 Å². The fourth-order valence-corrected chi connectivity index (χ4v) is 3.51. The summed E-state index contributed by atoms with van der Waals surface area (Å²) in [6, 6.07) is 7.14. The molecule has 1 aromatic carbocycles. The average Bonchev–Trinajstić information content (AvgIpc) is 2.56. The minimum atomic E-state index is -0.133. The standard InChI is InChI=1S/C18H26N2O3/c1-19-9-7-18(8-10-19)14-20(11-12-23-18)17(22)6-5-15-3-2-4-16(21)13-15/h2-4,13,21H,5-12,14H2,1H3. The lowest BCUT2D eigenvalue weighted by Gasteiger charge is -2.46. The quantitative estimate of drug-likeness (QED) is 0.921. The molecule has 0 aromatic heterocycles. The van der Waals surface area contributed by atoms with E-state index >= 15 is 0 Å². The van der Waals surface area contributed by atoms with Crippen LogP contribution in [0.3, 0.4) is 0 Å². The highest BCUT2D eigenvalue weighted by atomic mass is 16.5. The van der Waals surface area contributed by atoms with Gasteiger partial charge in [-0.2, -0.15) is 0 Å². The Hall–Kier alpha value is -1.59. The number of carbonyl (C=O) groups is 1. The Morgan fingerprint density at radius 2 is 2.09 bits per heavy atom. The smallest absolute Gasteiger partial charge is 0.223 e. The molecule has 1 aromatic rings. The van der Waals surface area contributed by atoms with Crippen molar-refractivity contribution in [3.63, 3.8) is 0 Å². The van der Waals surface area contributed by atoms with Crippen LogP contribution >= 0.6 is 0 Å². The summed E-state index contributed by atoms with van der Waals surface area (Å²) in [5.41, 5.74) is 0.867. The van der Waals surface area contributed by atoms with E-state index in [9.17, 15) is 9.90 Å². The molecule has 1 spiro atoms. The lowest BCUT2D eigenvalue weighted by atomic mass is 9.89. The first-order chi connectivity index (χ1) is 11.1. The predicted molar refractivity (Wildman–Crippen MR) is 88.4 cm³/mol. The topological polar surface area (TPSA) is 53.0 Å². The minimum absolute atomic E-state index is 0.133. The molecule has 3 rings (SSSR count). The Bertz CT molecular complexity index is 553. The zero-order valence-corrected chi connectivity index (χ0v) is 13.8. The van der Waals surface area contributed by atoms with Gasteiger partial charge >= 0.3 is 0 Å². The Labute approximate surface area is 137 Å². The van der Waals surface area contributed by atoms with Crippen LogP contribution in [0.1, 0.15) is 24.8 Å². The van der Waals surface area contributed by atoms with Gasteiger partial charge in [-0.15, -0.1) is 0 Å². The number of piperidine rings is 1. The van der Waals surface area contributed by atoms with Gasteiger partial charge in [0.1, 0.15) is 5.75 Å². The number of ether oxygens (including phenoxy) is 1. The molecular formula is C18H26N2O3. The molecule has 2 aliphatic heterocycles. The van der Waals surface area contributed by atoms with Gasteiger partial charge in [-0.05, 0) is 44.0 Å². The number of morpholine rings is 1. The van der Waals surface area contributed by atoms with E-state index in [4.69, 9.17) is 4.74 Å². The van der Waals surface area contributed by atoms with Crippen LogP contribution in [0.4, 0.5) is 0 Å². The molecule has 2 heterocycles. The highest BCUT2D eigenvalue weighted by Gasteiger charge is 2.40. The molecule has 5 heteroatoms. The molecule has 0 bridgehead atoms. The number of likely N-dealkylation sites (tertiary alicyclic amines) is 1. The number of rotatable bonds is 3. The summed E-state index contributed by atoms with van der Waals surface area (Å²) in [7, 11) is 2.13. The fraction of sp³-hybridized carbons (Fsp3) is 0.611. The molecular weight excluding hydrogens is 292 g/mol. The third kappa shape index (κ3) is 4.03. The monoisotopic (exact) mass is 318 g/mol. The fourth-order valence-electron chi connectivity index (χ4n) is 3.51. The second-order valence-electron chi connectivity index (χ2n) is 6.82. The second-order valence-corrected chi connectivity index (χ2v) is 6.82. The second kappa shape index (κ2) is 6.89. The molecule has 0 unspecified atom stereocenters. The molecule has 23 heavy (non-hydrogen) atoms. The van der Waals surface area contributed by atoms with Crippen molar-refractivity contribution in [1.29, 1.82) is 0 Å². The van der Waals surface area contributed by atoms with Crippen molar-refractivity contribution in [3.8, 4) is 5.75 Å². The summed E-state index contributed by atoms with van der Waals surface area (Å²) in [6.45, 7) is 4.12. The van der Waals surface area contributed by atoms with Gasteiger partial charge in [0.05, 0.1) is 12.2 Å². The van der Waals surface area contributed by atoms with Crippen LogP contribution < -0.4 is 0 Å². The highest BCUT2D eigenvalue weighted by molar-refractivity contribution is 5.76. The molecule has 1 amide bonds. The van der Waals surface area contributed by atoms with E-state index in [1.807, 2.05) is 17.0 Å². The maximum Gasteiger partial charge on any atom is 0.223 e. The van der Waals surface area contributed by atoms with Gasteiger partial charge in [-0.1, -0.05) is 12.1 Å². The molecule has 2 saturated heterocycles. The van der Waals surface area contributed by atoms with Crippen LogP contribution in [0.2, 0.25) is 0 Å². The number of nitrogens with zero attached hydrogens (tertiary/aromatic N) is 2. The lowest BCUT2D eigenvalue weighted by Crippen LogP contribution is -2.57. The Morgan fingerprint density at radius 3 is 2.83 bits per heavy atom. The molecule has 0 aliphatic carbocycles. The predicted octanol–water partition coefficient (Wildman–Crippen LogP) is 1.65. The van der Waals surface area contributed by atoms with Crippen LogP contribution in [-0.4, -0.2) is 66.2 Å². The lowest BCUT2D eigenvalue weighted by molar-refractivity contribution is -0.158. The Morgan fingerprint density at radius 1 is 1.30 bits per heavy atom. The summed E-state index contributed by atoms with van der Waals surface area (Å²) < 4.78 is 6.06. The molecule has 1 N–H and O–H groups in total. The van der Waals surface area contributed by atoms with E-state index in [-0.39, 0.29) is 17.3 Å². The van der Waals surface area contributed by atoms with Gasteiger partial charge in [-0.3, -0.25) is 4.79 Å². The maximum atomic E-state index is 12.5. The van der Waals surface area contributed by atoms with Gasteiger partial charge in [0, 0.05) is 32.6 Å². The molecule has 2 fully saturated rings. The summed E-state index contributed by atoms with van der Waals surface area (Å²) in [5, 5.41) is 9.50. The zero-order chi connectivity index (χ0) is 16.3.